The van der Waals surface area contributed by atoms with Crippen molar-refractivity contribution in [3.63, 3.8) is 0 Å². The van der Waals surface area contributed by atoms with Crippen molar-refractivity contribution >= 4 is 16.8 Å². The highest BCUT2D eigenvalue weighted by Gasteiger charge is 2.27. The summed E-state index contributed by atoms with van der Waals surface area (Å²) in [6.45, 7) is 3.71. The van der Waals surface area contributed by atoms with Gasteiger partial charge in [-0.15, -0.1) is 0 Å². The van der Waals surface area contributed by atoms with Gasteiger partial charge in [0.1, 0.15) is 5.76 Å². The second-order valence-electron chi connectivity index (χ2n) is 6.57. The summed E-state index contributed by atoms with van der Waals surface area (Å²) < 4.78 is 5.25. The van der Waals surface area contributed by atoms with Gasteiger partial charge in [0.2, 0.25) is 0 Å². The highest BCUT2D eigenvalue weighted by molar-refractivity contribution is 6.08. The van der Waals surface area contributed by atoms with Gasteiger partial charge in [0.05, 0.1) is 16.7 Å². The Labute approximate surface area is 138 Å². The first-order chi connectivity index (χ1) is 11.5. The molecule has 1 aromatic carbocycles. The number of aromatic nitrogens is 3. The van der Waals surface area contributed by atoms with Gasteiger partial charge >= 0.3 is 5.69 Å². The number of aromatic amines is 2. The molecule has 0 spiro atoms. The molecule has 0 radical (unpaired) electrons. The molecule has 0 bridgehead atoms. The summed E-state index contributed by atoms with van der Waals surface area (Å²) in [5.74, 6) is 0.858. The summed E-state index contributed by atoms with van der Waals surface area (Å²) in [6, 6.07) is 3.73. The van der Waals surface area contributed by atoms with Crippen LogP contribution in [0.5, 0.6) is 0 Å². The summed E-state index contributed by atoms with van der Waals surface area (Å²) in [5.41, 5.74) is 3.99. The van der Waals surface area contributed by atoms with E-state index in [0.29, 0.717) is 22.4 Å². The fraction of sp³-hybridized carbons (Fsp3) is 0.389. The fourth-order valence-corrected chi connectivity index (χ4v) is 3.78. The van der Waals surface area contributed by atoms with Gasteiger partial charge in [-0.1, -0.05) is 18.0 Å². The van der Waals surface area contributed by atoms with Gasteiger partial charge in [-0.05, 0) is 44.4 Å². The molecule has 3 aromatic rings. The van der Waals surface area contributed by atoms with Crippen LogP contribution in [0.15, 0.2) is 21.5 Å². The maximum atomic E-state index is 13.0. The van der Waals surface area contributed by atoms with Crippen molar-refractivity contribution in [3.8, 4) is 11.1 Å². The Morgan fingerprint density at radius 3 is 2.62 bits per heavy atom. The minimum absolute atomic E-state index is 0.0477. The smallest absolute Gasteiger partial charge is 0.323 e. The molecule has 0 atom stereocenters. The van der Waals surface area contributed by atoms with E-state index in [4.69, 9.17) is 4.52 Å². The van der Waals surface area contributed by atoms with Gasteiger partial charge < -0.3 is 14.5 Å². The first-order valence-electron chi connectivity index (χ1n) is 8.28. The number of carbonyl (C=O) groups is 1. The van der Waals surface area contributed by atoms with E-state index in [1.807, 2.05) is 26.0 Å². The lowest BCUT2D eigenvalue weighted by atomic mass is 9.92. The SMILES string of the molecule is Cc1noc(C)c1-c1cc(C(=O)C2CCCC2)c2[nH]c(=O)[nH]c2c1. The van der Waals surface area contributed by atoms with E-state index in [1.54, 1.807) is 0 Å². The molecule has 1 aliphatic rings. The number of imidazole rings is 1. The van der Waals surface area contributed by atoms with Gasteiger partial charge in [0.15, 0.2) is 5.78 Å². The van der Waals surface area contributed by atoms with Crippen LogP contribution in [0.2, 0.25) is 0 Å². The number of Topliss-reactive ketones (excluding diaryl/α,β-unsaturated/α-hetero) is 1. The molecule has 1 saturated carbocycles. The Bertz CT molecular complexity index is 967. The Morgan fingerprint density at radius 2 is 1.96 bits per heavy atom. The van der Waals surface area contributed by atoms with E-state index in [-0.39, 0.29) is 17.4 Å². The van der Waals surface area contributed by atoms with Crippen LogP contribution in [0, 0.1) is 19.8 Å². The molecule has 0 saturated heterocycles. The van der Waals surface area contributed by atoms with Crippen molar-refractivity contribution in [2.24, 2.45) is 5.92 Å². The predicted octanol–water partition coefficient (Wildman–Crippen LogP) is 3.50. The number of hydrogen-bond acceptors (Lipinski definition) is 4. The molecule has 2 N–H and O–H groups in total. The monoisotopic (exact) mass is 325 g/mol. The number of fused-ring (bicyclic) bond motifs is 1. The molecule has 6 heteroatoms. The minimum atomic E-state index is -0.304. The highest BCUT2D eigenvalue weighted by Crippen LogP contribution is 2.34. The van der Waals surface area contributed by atoms with Crippen LogP contribution in [0.25, 0.3) is 22.2 Å². The number of ketones is 1. The number of hydrogen-bond donors (Lipinski definition) is 2. The van der Waals surface area contributed by atoms with E-state index in [1.165, 1.54) is 0 Å². The van der Waals surface area contributed by atoms with Gasteiger partial charge in [0, 0.05) is 17.0 Å². The number of aryl methyl sites for hydroxylation is 2. The van der Waals surface area contributed by atoms with Crippen molar-refractivity contribution < 1.29 is 9.32 Å². The topological polar surface area (TPSA) is 91.8 Å². The summed E-state index contributed by atoms with van der Waals surface area (Å²) in [4.78, 5) is 30.3. The lowest BCUT2D eigenvalue weighted by molar-refractivity contribution is 0.0924. The average Bonchev–Trinajstić information content (AvgIpc) is 3.25. The molecule has 2 heterocycles. The third-order valence-corrected chi connectivity index (χ3v) is 4.94. The van der Waals surface area contributed by atoms with Crippen LogP contribution in [0.3, 0.4) is 0 Å². The standard InChI is InChI=1S/C18H19N3O3/c1-9-15(10(2)24-21-9)12-7-13(17(22)11-5-3-4-6-11)16-14(8-12)19-18(23)20-16/h7-8,11H,3-6H2,1-2H3,(H2,19,20,23). The average molecular weight is 325 g/mol. The third-order valence-electron chi connectivity index (χ3n) is 4.94. The van der Waals surface area contributed by atoms with E-state index >= 15 is 0 Å². The molecule has 2 aromatic heterocycles. The highest BCUT2D eigenvalue weighted by atomic mass is 16.5. The number of rotatable bonds is 3. The van der Waals surface area contributed by atoms with Crippen LogP contribution in [0.1, 0.15) is 47.5 Å². The van der Waals surface area contributed by atoms with Crippen LogP contribution >= 0.6 is 0 Å². The van der Waals surface area contributed by atoms with Crippen molar-refractivity contribution in [1.82, 2.24) is 15.1 Å². The second-order valence-corrected chi connectivity index (χ2v) is 6.57. The zero-order valence-corrected chi connectivity index (χ0v) is 13.7. The van der Waals surface area contributed by atoms with Crippen molar-refractivity contribution in [2.75, 3.05) is 0 Å². The van der Waals surface area contributed by atoms with Gasteiger partial charge in [-0.3, -0.25) is 4.79 Å². The van der Waals surface area contributed by atoms with Gasteiger partial charge in [-0.25, -0.2) is 4.79 Å². The van der Waals surface area contributed by atoms with Crippen LogP contribution in [-0.4, -0.2) is 20.9 Å². The largest absolute Gasteiger partial charge is 0.361 e. The zero-order valence-electron chi connectivity index (χ0n) is 13.7. The van der Waals surface area contributed by atoms with Gasteiger partial charge in [-0.2, -0.15) is 0 Å². The molecule has 124 valence electrons. The maximum Gasteiger partial charge on any atom is 0.323 e. The second kappa shape index (κ2) is 5.47. The number of nitrogens with one attached hydrogen (secondary N) is 2. The minimum Gasteiger partial charge on any atom is -0.361 e. The fourth-order valence-electron chi connectivity index (χ4n) is 3.78. The Balaban J connectivity index is 1.94. The maximum absolute atomic E-state index is 13.0. The van der Waals surface area contributed by atoms with Crippen LogP contribution < -0.4 is 5.69 Å². The Morgan fingerprint density at radius 1 is 1.21 bits per heavy atom. The Hall–Kier alpha value is -2.63. The zero-order chi connectivity index (χ0) is 16.8. The summed E-state index contributed by atoms with van der Waals surface area (Å²) >= 11 is 0. The van der Waals surface area contributed by atoms with Crippen molar-refractivity contribution in [2.45, 2.75) is 39.5 Å². The molecule has 6 nitrogen and oxygen atoms in total. The number of carbonyl (C=O) groups excluding carboxylic acids is 1. The lowest BCUT2D eigenvalue weighted by Gasteiger charge is -2.11. The summed E-state index contributed by atoms with van der Waals surface area (Å²) in [6.07, 6.45) is 4.02. The summed E-state index contributed by atoms with van der Waals surface area (Å²) in [7, 11) is 0. The summed E-state index contributed by atoms with van der Waals surface area (Å²) in [5, 5.41) is 3.99. The molecular weight excluding hydrogens is 306 g/mol. The van der Waals surface area contributed by atoms with Crippen molar-refractivity contribution in [1.29, 1.82) is 0 Å². The lowest BCUT2D eigenvalue weighted by Crippen LogP contribution is -2.12. The van der Waals surface area contributed by atoms with Crippen LogP contribution in [0.4, 0.5) is 0 Å². The third kappa shape index (κ3) is 2.29. The van der Waals surface area contributed by atoms with E-state index in [9.17, 15) is 9.59 Å². The van der Waals surface area contributed by atoms with Crippen molar-refractivity contribution in [3.05, 3.63) is 39.6 Å². The normalized spacial score (nSPS) is 15.4. The molecule has 0 unspecified atom stereocenters. The number of nitrogens with zero attached hydrogens (tertiary/aromatic N) is 1. The first kappa shape index (κ1) is 14.9. The molecular formula is C18H19N3O3. The predicted molar refractivity (Wildman–Crippen MR) is 90.2 cm³/mol. The molecule has 4 rings (SSSR count). The van der Waals surface area contributed by atoms with E-state index in [2.05, 4.69) is 15.1 Å². The Kier molecular flexibility index (Phi) is 3.40. The van der Waals surface area contributed by atoms with E-state index in [0.717, 1.165) is 42.5 Å². The molecule has 24 heavy (non-hydrogen) atoms. The molecule has 0 aliphatic heterocycles. The van der Waals surface area contributed by atoms with Gasteiger partial charge in [0.25, 0.3) is 0 Å². The number of H-pyrrole nitrogens is 2. The van der Waals surface area contributed by atoms with E-state index < -0.39 is 0 Å². The quantitative estimate of drug-likeness (QED) is 0.721. The van der Waals surface area contributed by atoms with Crippen LogP contribution in [-0.2, 0) is 0 Å². The molecule has 0 amide bonds. The molecule has 1 aliphatic carbocycles. The first-order valence-corrected chi connectivity index (χ1v) is 8.28. The number of benzene rings is 1. The molecule has 1 fully saturated rings.